The summed E-state index contributed by atoms with van der Waals surface area (Å²) in [5.74, 6) is -1.23. The van der Waals surface area contributed by atoms with E-state index in [1.165, 1.54) is 44.9 Å². The maximum absolute atomic E-state index is 13.0. The van der Waals surface area contributed by atoms with Gasteiger partial charge < -0.3 is 44.6 Å². The number of phosphoric ester groups is 2. The van der Waals surface area contributed by atoms with E-state index in [1.54, 1.807) is 0 Å². The molecule has 8 atom stereocenters. The van der Waals surface area contributed by atoms with Crippen LogP contribution in [-0.2, 0) is 41.8 Å². The summed E-state index contributed by atoms with van der Waals surface area (Å²) >= 11 is 0. The highest BCUT2D eigenvalue weighted by Crippen LogP contribution is 2.49. The molecular formula is C45H82O16P2. The van der Waals surface area contributed by atoms with Gasteiger partial charge in [0, 0.05) is 12.8 Å². The minimum atomic E-state index is -5.36. The Labute approximate surface area is 376 Å². The Morgan fingerprint density at radius 2 is 0.921 bits per heavy atom. The van der Waals surface area contributed by atoms with Gasteiger partial charge in [-0.3, -0.25) is 23.2 Å². The third-order valence-electron chi connectivity index (χ3n) is 10.7. The number of carbonyl (C=O) groups is 2. The third-order valence-corrected chi connectivity index (χ3v) is 12.2. The monoisotopic (exact) mass is 941 g/mol. The Bertz CT molecular complexity index is 1370. The summed E-state index contributed by atoms with van der Waals surface area (Å²) < 4.78 is 49.3. The molecule has 5 unspecified atom stereocenters. The van der Waals surface area contributed by atoms with Crippen LogP contribution in [0.25, 0.3) is 0 Å². The van der Waals surface area contributed by atoms with Crippen molar-refractivity contribution in [3.8, 4) is 0 Å². The molecule has 16 nitrogen and oxygen atoms in total. The van der Waals surface area contributed by atoms with Gasteiger partial charge in [-0.1, -0.05) is 134 Å². The van der Waals surface area contributed by atoms with E-state index >= 15 is 0 Å². The van der Waals surface area contributed by atoms with Gasteiger partial charge in [0.2, 0.25) is 0 Å². The van der Waals surface area contributed by atoms with Crippen molar-refractivity contribution in [3.05, 3.63) is 36.5 Å². The quantitative estimate of drug-likeness (QED) is 0.0132. The number of aliphatic hydroxyl groups excluding tert-OH is 4. The third kappa shape index (κ3) is 30.9. The van der Waals surface area contributed by atoms with Crippen molar-refractivity contribution in [2.75, 3.05) is 13.2 Å². The number of esters is 2. The van der Waals surface area contributed by atoms with Crippen molar-refractivity contribution in [2.24, 2.45) is 0 Å². The zero-order valence-electron chi connectivity index (χ0n) is 38.0. The minimum Gasteiger partial charge on any atom is -0.462 e. The lowest BCUT2D eigenvalue weighted by Gasteiger charge is -2.43. The summed E-state index contributed by atoms with van der Waals surface area (Å²) in [4.78, 5) is 54.2. The number of unbranched alkanes of at least 4 members (excludes halogenated alkanes) is 19. The Kier molecular flexibility index (Phi) is 34.2. The summed E-state index contributed by atoms with van der Waals surface area (Å²) in [6, 6.07) is 0. The highest BCUT2D eigenvalue weighted by atomic mass is 31.2. The number of phosphoric acid groups is 2. The highest BCUT2D eigenvalue weighted by molar-refractivity contribution is 7.47. The van der Waals surface area contributed by atoms with E-state index in [0.717, 1.165) is 96.3 Å². The molecule has 0 aromatic heterocycles. The normalized spacial score (nSPS) is 22.2. The molecule has 7 N–H and O–H groups in total. The average molecular weight is 941 g/mol. The average Bonchev–Trinajstić information content (AvgIpc) is 3.23. The Morgan fingerprint density at radius 1 is 0.508 bits per heavy atom. The van der Waals surface area contributed by atoms with Crippen LogP contribution in [-0.4, -0.2) is 103 Å². The van der Waals surface area contributed by atoms with Crippen LogP contribution in [0.5, 0.6) is 0 Å². The molecule has 0 bridgehead atoms. The molecule has 0 radical (unpaired) electrons. The molecule has 18 heteroatoms. The van der Waals surface area contributed by atoms with Gasteiger partial charge in [0.1, 0.15) is 43.2 Å². The molecule has 1 rings (SSSR count). The second-order valence-corrected chi connectivity index (χ2v) is 19.1. The second-order valence-electron chi connectivity index (χ2n) is 16.5. The lowest BCUT2D eigenvalue weighted by Crippen LogP contribution is -2.64. The molecule has 0 saturated heterocycles. The molecule has 1 fully saturated rings. The molecular weight excluding hydrogens is 858 g/mol. The lowest BCUT2D eigenvalue weighted by molar-refractivity contribution is -0.216. The highest BCUT2D eigenvalue weighted by Gasteiger charge is 2.54. The van der Waals surface area contributed by atoms with E-state index < -0.39 is 83.5 Å². The maximum Gasteiger partial charge on any atom is 0.472 e. The van der Waals surface area contributed by atoms with Gasteiger partial charge in [-0.2, -0.15) is 0 Å². The van der Waals surface area contributed by atoms with E-state index in [0.29, 0.717) is 12.8 Å². The van der Waals surface area contributed by atoms with Crippen LogP contribution in [0.2, 0.25) is 0 Å². The summed E-state index contributed by atoms with van der Waals surface area (Å²) in [5, 5.41) is 41.2. The van der Waals surface area contributed by atoms with Crippen molar-refractivity contribution >= 4 is 27.6 Å². The number of hydrogen-bond donors (Lipinski definition) is 7. The van der Waals surface area contributed by atoms with Crippen LogP contribution in [0.4, 0.5) is 0 Å². The number of rotatable bonds is 39. The second kappa shape index (κ2) is 36.4. The van der Waals surface area contributed by atoms with Crippen LogP contribution >= 0.6 is 15.6 Å². The number of ether oxygens (including phenoxy) is 2. The van der Waals surface area contributed by atoms with Crippen LogP contribution in [0.3, 0.4) is 0 Å². The van der Waals surface area contributed by atoms with Gasteiger partial charge in [0.25, 0.3) is 0 Å². The van der Waals surface area contributed by atoms with Gasteiger partial charge in [0.15, 0.2) is 6.10 Å². The van der Waals surface area contributed by atoms with Crippen molar-refractivity contribution in [1.29, 1.82) is 0 Å². The largest absolute Gasteiger partial charge is 0.472 e. The van der Waals surface area contributed by atoms with Gasteiger partial charge in [0.05, 0.1) is 6.61 Å². The molecule has 1 aliphatic carbocycles. The summed E-state index contributed by atoms with van der Waals surface area (Å²) in [5.41, 5.74) is 0. The molecule has 0 spiro atoms. The Hall–Kier alpha value is -1.78. The topological polar surface area (TPSA) is 256 Å². The number of allylic oxidation sites excluding steroid dienone is 6. The van der Waals surface area contributed by atoms with Crippen LogP contribution in [0.15, 0.2) is 36.5 Å². The minimum absolute atomic E-state index is 0.0361. The van der Waals surface area contributed by atoms with Crippen molar-refractivity contribution in [2.45, 2.75) is 224 Å². The van der Waals surface area contributed by atoms with E-state index in [9.17, 15) is 44.0 Å². The fourth-order valence-electron chi connectivity index (χ4n) is 6.99. The van der Waals surface area contributed by atoms with E-state index in [-0.39, 0.29) is 12.8 Å². The van der Waals surface area contributed by atoms with E-state index in [1.807, 2.05) is 0 Å². The van der Waals surface area contributed by atoms with Gasteiger partial charge in [-0.25, -0.2) is 9.13 Å². The fourth-order valence-corrected chi connectivity index (χ4v) is 8.53. The summed E-state index contributed by atoms with van der Waals surface area (Å²) in [7, 11) is -10.7. The van der Waals surface area contributed by atoms with E-state index in [2.05, 4.69) is 54.8 Å². The first kappa shape index (κ1) is 59.2. The first-order chi connectivity index (χ1) is 30.1. The van der Waals surface area contributed by atoms with Gasteiger partial charge >= 0.3 is 27.6 Å². The molecule has 0 aromatic rings. The zero-order chi connectivity index (χ0) is 46.8. The van der Waals surface area contributed by atoms with Crippen molar-refractivity contribution in [3.63, 3.8) is 0 Å². The Morgan fingerprint density at radius 3 is 1.43 bits per heavy atom. The molecule has 1 saturated carbocycles. The molecule has 0 aliphatic heterocycles. The molecule has 1 aliphatic rings. The smallest absolute Gasteiger partial charge is 0.462 e. The SMILES string of the molecule is CCCCC/C=C\C/C=C\CCCCCCCC(=O)OC[C@H](COP(=O)(O)O[C@H]1C(O)C(O)C(O)[C@@H](OP(=O)(O)O)C1O)OC(=O)CCCCCCCCC/C=C\CCCCCC. The van der Waals surface area contributed by atoms with Gasteiger partial charge in [-0.15, -0.1) is 0 Å². The Balaban J connectivity index is 2.61. The van der Waals surface area contributed by atoms with Gasteiger partial charge in [-0.05, 0) is 70.6 Å². The van der Waals surface area contributed by atoms with E-state index in [4.69, 9.17) is 28.3 Å². The lowest BCUT2D eigenvalue weighted by atomic mass is 9.85. The standard InChI is InChI=1S/C45H82O16P2/c1-3-5-7-9-11-13-15-17-19-21-23-25-27-29-31-33-38(46)57-35-37(59-39(47)34-32-30-28-26-24-22-20-18-16-14-12-10-8-6-4-2)36-58-63(55,56)61-45-42(50)40(48)41(49)44(43(45)51)60-62(52,53)54/h11,13-14,16-17,19,37,40-45,48-51H,3-10,12,15,18,20-36H2,1-2H3,(H,55,56)(H2,52,53,54)/b13-11-,16-14-,19-17-/t37-,40?,41?,42?,43?,44-,45+/m1/s1. The predicted octanol–water partition coefficient (Wildman–Crippen LogP) is 8.73. The molecule has 63 heavy (non-hydrogen) atoms. The summed E-state index contributed by atoms with van der Waals surface area (Å²) in [6.45, 7) is 3.05. The van der Waals surface area contributed by atoms with Crippen molar-refractivity contribution in [1.82, 2.24) is 0 Å². The fraction of sp³-hybridized carbons (Fsp3) is 0.822. The maximum atomic E-state index is 13.0. The number of aliphatic hydroxyl groups is 4. The molecule has 368 valence electrons. The van der Waals surface area contributed by atoms with Crippen LogP contribution in [0.1, 0.15) is 181 Å². The molecule has 0 heterocycles. The predicted molar refractivity (Wildman–Crippen MR) is 241 cm³/mol. The van der Waals surface area contributed by atoms with Crippen LogP contribution in [0, 0.1) is 0 Å². The number of carbonyl (C=O) groups excluding carboxylic acids is 2. The van der Waals surface area contributed by atoms with Crippen molar-refractivity contribution < 1.29 is 76.9 Å². The first-order valence-electron chi connectivity index (χ1n) is 23.5. The number of hydrogen-bond acceptors (Lipinski definition) is 13. The molecule has 0 aromatic carbocycles. The zero-order valence-corrected chi connectivity index (χ0v) is 39.8. The molecule has 0 amide bonds. The summed E-state index contributed by atoms with van der Waals surface area (Å²) in [6.07, 6.45) is 23.8. The van der Waals surface area contributed by atoms with Crippen LogP contribution < -0.4 is 0 Å². The first-order valence-corrected chi connectivity index (χ1v) is 26.6.